The van der Waals surface area contributed by atoms with Crippen molar-refractivity contribution in [1.82, 2.24) is 0 Å². The van der Waals surface area contributed by atoms with Gasteiger partial charge in [-0.1, -0.05) is 13.0 Å². The van der Waals surface area contributed by atoms with Crippen LogP contribution in [0.1, 0.15) is 31.9 Å². The molecular weight excluding hydrogens is 294 g/mol. The summed E-state index contributed by atoms with van der Waals surface area (Å²) in [6, 6.07) is 5.94. The summed E-state index contributed by atoms with van der Waals surface area (Å²) >= 11 is 3.52. The number of ether oxygens (including phenoxy) is 2. The third-order valence-electron chi connectivity index (χ3n) is 3.44. The van der Waals surface area contributed by atoms with Crippen molar-refractivity contribution in [3.63, 3.8) is 0 Å². The molecule has 0 saturated carbocycles. The summed E-state index contributed by atoms with van der Waals surface area (Å²) in [6.07, 6.45) is 1.21. The lowest BCUT2D eigenvalue weighted by molar-refractivity contribution is 0.0724. The van der Waals surface area contributed by atoms with Crippen LogP contribution < -0.4 is 10.5 Å². The number of hydrogen-bond acceptors (Lipinski definition) is 3. The summed E-state index contributed by atoms with van der Waals surface area (Å²) in [4.78, 5) is 0. The normalized spacial score (nSPS) is 25.1. The van der Waals surface area contributed by atoms with Gasteiger partial charge in [-0.25, -0.2) is 0 Å². The largest absolute Gasteiger partial charge is 0.493 e. The highest BCUT2D eigenvalue weighted by Gasteiger charge is 2.30. The van der Waals surface area contributed by atoms with Gasteiger partial charge in [-0.3, -0.25) is 0 Å². The fourth-order valence-electron chi connectivity index (χ4n) is 2.36. The van der Waals surface area contributed by atoms with Crippen LogP contribution in [0.4, 0.5) is 0 Å². The SMILES string of the molecule is CCOc1ccc(C(N)C2OCCC2C)cc1Br. The summed E-state index contributed by atoms with van der Waals surface area (Å²) in [7, 11) is 0. The van der Waals surface area contributed by atoms with Crippen LogP contribution in [-0.2, 0) is 4.74 Å². The molecule has 1 aliphatic heterocycles. The second-order valence-electron chi connectivity index (χ2n) is 4.75. The molecular formula is C14H20BrNO2. The van der Waals surface area contributed by atoms with Gasteiger partial charge in [0.05, 0.1) is 23.2 Å². The second kappa shape index (κ2) is 6.04. The van der Waals surface area contributed by atoms with E-state index in [4.69, 9.17) is 15.2 Å². The molecule has 2 N–H and O–H groups in total. The van der Waals surface area contributed by atoms with Gasteiger partial charge in [0, 0.05) is 6.61 Å². The van der Waals surface area contributed by atoms with Crippen LogP contribution in [0.15, 0.2) is 22.7 Å². The van der Waals surface area contributed by atoms with Crippen molar-refractivity contribution in [2.45, 2.75) is 32.4 Å². The molecule has 3 atom stereocenters. The first-order valence-electron chi connectivity index (χ1n) is 6.43. The lowest BCUT2D eigenvalue weighted by atomic mass is 9.93. The number of benzene rings is 1. The molecule has 1 aliphatic rings. The molecule has 1 heterocycles. The highest BCUT2D eigenvalue weighted by atomic mass is 79.9. The zero-order chi connectivity index (χ0) is 13.1. The molecule has 1 saturated heterocycles. The van der Waals surface area contributed by atoms with Crippen molar-refractivity contribution in [1.29, 1.82) is 0 Å². The molecule has 0 amide bonds. The standard InChI is InChI=1S/C14H20BrNO2/c1-3-17-12-5-4-10(8-11(12)15)13(16)14-9(2)6-7-18-14/h4-5,8-9,13-14H,3,6-7,16H2,1-2H3. The Kier molecular flexibility index (Phi) is 4.65. The van der Waals surface area contributed by atoms with Gasteiger partial charge < -0.3 is 15.2 Å². The molecule has 0 spiro atoms. The van der Waals surface area contributed by atoms with Crippen molar-refractivity contribution >= 4 is 15.9 Å². The summed E-state index contributed by atoms with van der Waals surface area (Å²) in [5.41, 5.74) is 7.38. The number of halogens is 1. The third-order valence-corrected chi connectivity index (χ3v) is 4.06. The highest BCUT2D eigenvalue weighted by Crippen LogP contribution is 2.33. The number of hydrogen-bond donors (Lipinski definition) is 1. The quantitative estimate of drug-likeness (QED) is 0.927. The molecule has 1 fully saturated rings. The fraction of sp³-hybridized carbons (Fsp3) is 0.571. The summed E-state index contributed by atoms with van der Waals surface area (Å²) < 4.78 is 12.2. The van der Waals surface area contributed by atoms with E-state index in [0.717, 1.165) is 28.8 Å². The van der Waals surface area contributed by atoms with Crippen molar-refractivity contribution in [3.05, 3.63) is 28.2 Å². The van der Waals surface area contributed by atoms with Crippen LogP contribution >= 0.6 is 15.9 Å². The van der Waals surface area contributed by atoms with Gasteiger partial charge >= 0.3 is 0 Å². The Morgan fingerprint density at radius 1 is 1.56 bits per heavy atom. The van der Waals surface area contributed by atoms with E-state index < -0.39 is 0 Å². The first kappa shape index (κ1) is 13.8. The fourth-order valence-corrected chi connectivity index (χ4v) is 2.87. The monoisotopic (exact) mass is 313 g/mol. The van der Waals surface area contributed by atoms with Crippen LogP contribution in [0, 0.1) is 5.92 Å². The molecule has 1 aromatic carbocycles. The van der Waals surface area contributed by atoms with E-state index in [-0.39, 0.29) is 12.1 Å². The van der Waals surface area contributed by atoms with E-state index in [1.54, 1.807) is 0 Å². The first-order valence-corrected chi connectivity index (χ1v) is 7.22. The predicted octanol–water partition coefficient (Wildman–Crippen LogP) is 3.27. The van der Waals surface area contributed by atoms with Gasteiger partial charge in [-0.2, -0.15) is 0 Å². The molecule has 0 bridgehead atoms. The minimum Gasteiger partial charge on any atom is -0.493 e. The number of nitrogens with two attached hydrogens (primary N) is 1. The van der Waals surface area contributed by atoms with E-state index in [2.05, 4.69) is 22.9 Å². The maximum atomic E-state index is 6.30. The van der Waals surface area contributed by atoms with E-state index in [1.807, 2.05) is 25.1 Å². The second-order valence-corrected chi connectivity index (χ2v) is 5.60. The van der Waals surface area contributed by atoms with E-state index >= 15 is 0 Å². The average Bonchev–Trinajstić information content (AvgIpc) is 2.77. The zero-order valence-corrected chi connectivity index (χ0v) is 12.4. The molecule has 1 aromatic rings. The Bertz CT molecular complexity index is 411. The highest BCUT2D eigenvalue weighted by molar-refractivity contribution is 9.10. The summed E-state index contributed by atoms with van der Waals surface area (Å²) in [5.74, 6) is 1.37. The van der Waals surface area contributed by atoms with Crippen molar-refractivity contribution in [2.24, 2.45) is 11.7 Å². The molecule has 2 rings (SSSR count). The zero-order valence-electron chi connectivity index (χ0n) is 10.9. The maximum absolute atomic E-state index is 6.30. The van der Waals surface area contributed by atoms with Crippen LogP contribution in [0.3, 0.4) is 0 Å². The molecule has 0 aromatic heterocycles. The summed E-state index contributed by atoms with van der Waals surface area (Å²) in [6.45, 7) is 5.64. The molecule has 0 aliphatic carbocycles. The minimum absolute atomic E-state index is 0.0746. The lowest BCUT2D eigenvalue weighted by Gasteiger charge is -2.23. The average molecular weight is 314 g/mol. The van der Waals surface area contributed by atoms with Crippen LogP contribution in [0.25, 0.3) is 0 Å². The molecule has 3 nitrogen and oxygen atoms in total. The molecule has 4 heteroatoms. The molecule has 3 unspecified atom stereocenters. The predicted molar refractivity (Wildman–Crippen MR) is 75.8 cm³/mol. The number of rotatable bonds is 4. The molecule has 18 heavy (non-hydrogen) atoms. The smallest absolute Gasteiger partial charge is 0.133 e. The lowest BCUT2D eigenvalue weighted by Crippen LogP contribution is -2.29. The minimum atomic E-state index is -0.0746. The Balaban J connectivity index is 2.15. The van der Waals surface area contributed by atoms with Crippen LogP contribution in [0.5, 0.6) is 5.75 Å². The molecule has 0 radical (unpaired) electrons. The topological polar surface area (TPSA) is 44.5 Å². The Morgan fingerprint density at radius 2 is 2.33 bits per heavy atom. The van der Waals surface area contributed by atoms with Gasteiger partial charge in [0.15, 0.2) is 0 Å². The van der Waals surface area contributed by atoms with Crippen molar-refractivity contribution < 1.29 is 9.47 Å². The van der Waals surface area contributed by atoms with Gasteiger partial charge in [-0.05, 0) is 52.9 Å². The first-order chi connectivity index (χ1) is 8.63. The molecule has 100 valence electrons. The van der Waals surface area contributed by atoms with Crippen LogP contribution in [0.2, 0.25) is 0 Å². The Morgan fingerprint density at radius 3 is 2.89 bits per heavy atom. The van der Waals surface area contributed by atoms with E-state index in [0.29, 0.717) is 12.5 Å². The van der Waals surface area contributed by atoms with Gasteiger partial charge in [-0.15, -0.1) is 0 Å². The maximum Gasteiger partial charge on any atom is 0.133 e. The van der Waals surface area contributed by atoms with Gasteiger partial charge in [0.25, 0.3) is 0 Å². The van der Waals surface area contributed by atoms with Gasteiger partial charge in [0.1, 0.15) is 5.75 Å². The third kappa shape index (κ3) is 2.87. The van der Waals surface area contributed by atoms with Crippen molar-refractivity contribution in [2.75, 3.05) is 13.2 Å². The van der Waals surface area contributed by atoms with Gasteiger partial charge in [0.2, 0.25) is 0 Å². The van der Waals surface area contributed by atoms with E-state index in [1.165, 1.54) is 0 Å². The Labute approximate surface area is 117 Å². The summed E-state index contributed by atoms with van der Waals surface area (Å²) in [5, 5.41) is 0. The van der Waals surface area contributed by atoms with Crippen molar-refractivity contribution in [3.8, 4) is 5.75 Å². The van der Waals surface area contributed by atoms with E-state index in [9.17, 15) is 0 Å². The Hall–Kier alpha value is -0.580. The van der Waals surface area contributed by atoms with Crippen LogP contribution in [-0.4, -0.2) is 19.3 Å².